The summed E-state index contributed by atoms with van der Waals surface area (Å²) in [6.07, 6.45) is 23.9. The number of ketones is 2. The molecule has 0 fully saturated rings. The van der Waals surface area contributed by atoms with Crippen LogP contribution in [0.25, 0.3) is 0 Å². The largest absolute Gasteiger partial charge is 0.387 e. The number of carbonyl (C=O) groups is 2. The van der Waals surface area contributed by atoms with Gasteiger partial charge in [0.25, 0.3) is 0 Å². The Labute approximate surface area is 235 Å². The molecule has 0 bridgehead atoms. The molecule has 0 heterocycles. The topological polar surface area (TPSA) is 94.8 Å². The van der Waals surface area contributed by atoms with Crippen LogP contribution in [0.4, 0.5) is 0 Å². The van der Waals surface area contributed by atoms with E-state index in [2.05, 4.69) is 13.8 Å². The van der Waals surface area contributed by atoms with E-state index >= 15 is 0 Å². The van der Waals surface area contributed by atoms with Crippen molar-refractivity contribution < 1.29 is 24.9 Å². The minimum Gasteiger partial charge on any atom is -0.387 e. The second-order valence-electron chi connectivity index (χ2n) is 11.6. The minimum absolute atomic E-state index is 0.176. The van der Waals surface area contributed by atoms with Gasteiger partial charge in [-0.1, -0.05) is 155 Å². The van der Waals surface area contributed by atoms with Crippen LogP contribution in [0.1, 0.15) is 181 Å². The van der Waals surface area contributed by atoms with Crippen LogP contribution in [0.2, 0.25) is 0 Å². The zero-order chi connectivity index (χ0) is 28.3. The van der Waals surface area contributed by atoms with Crippen LogP contribution in [0.5, 0.6) is 0 Å². The van der Waals surface area contributed by atoms with Gasteiger partial charge in [-0.25, -0.2) is 0 Å². The monoisotopic (exact) mass is 540 g/mol. The molecule has 0 aliphatic rings. The normalized spacial score (nSPS) is 13.9. The molecule has 0 rings (SSSR count). The molecule has 5 nitrogen and oxygen atoms in total. The number of carbonyl (C=O) groups excluding carboxylic acids is 2. The van der Waals surface area contributed by atoms with Crippen molar-refractivity contribution in [2.45, 2.75) is 199 Å². The van der Waals surface area contributed by atoms with Crippen molar-refractivity contribution >= 4 is 11.6 Å². The maximum Gasteiger partial charge on any atom is 0.164 e. The number of aliphatic hydroxyl groups excluding tert-OH is 3. The molecule has 0 aromatic rings. The molecular weight excluding hydrogens is 476 g/mol. The summed E-state index contributed by atoms with van der Waals surface area (Å²) < 4.78 is 0. The minimum atomic E-state index is -1.73. The van der Waals surface area contributed by atoms with Crippen LogP contribution in [-0.4, -0.2) is 45.2 Å². The van der Waals surface area contributed by atoms with Crippen molar-refractivity contribution in [1.29, 1.82) is 0 Å². The molecule has 0 radical (unpaired) electrons. The van der Waals surface area contributed by atoms with E-state index in [0.29, 0.717) is 12.8 Å². The Bertz CT molecular complexity index is 489. The van der Waals surface area contributed by atoms with Gasteiger partial charge >= 0.3 is 0 Å². The lowest BCUT2D eigenvalue weighted by atomic mass is 9.95. The molecule has 0 aliphatic heterocycles. The Morgan fingerprint density at radius 1 is 0.395 bits per heavy atom. The Kier molecular flexibility index (Phi) is 27.2. The van der Waals surface area contributed by atoms with Gasteiger partial charge < -0.3 is 15.3 Å². The first-order chi connectivity index (χ1) is 18.5. The molecule has 0 spiro atoms. The third-order valence-corrected chi connectivity index (χ3v) is 7.86. The van der Waals surface area contributed by atoms with Gasteiger partial charge in [-0.15, -0.1) is 0 Å². The highest BCUT2D eigenvalue weighted by atomic mass is 16.4. The van der Waals surface area contributed by atoms with Crippen LogP contribution in [-0.2, 0) is 9.59 Å². The first-order valence-corrected chi connectivity index (χ1v) is 16.5. The smallest absolute Gasteiger partial charge is 0.164 e. The number of unbranched alkanes of at least 4 members (excludes halogenated alkanes) is 22. The summed E-state index contributed by atoms with van der Waals surface area (Å²) in [5.41, 5.74) is 0. The Hall–Kier alpha value is -0.780. The Morgan fingerprint density at radius 3 is 0.842 bits per heavy atom. The van der Waals surface area contributed by atoms with E-state index in [0.717, 1.165) is 25.7 Å². The van der Waals surface area contributed by atoms with Gasteiger partial charge in [0.15, 0.2) is 11.6 Å². The predicted molar refractivity (Wildman–Crippen MR) is 159 cm³/mol. The second kappa shape index (κ2) is 27.8. The van der Waals surface area contributed by atoms with Crippen molar-refractivity contribution in [1.82, 2.24) is 0 Å². The summed E-state index contributed by atoms with van der Waals surface area (Å²) in [4.78, 5) is 24.5. The number of hydrogen-bond donors (Lipinski definition) is 3. The Balaban J connectivity index is 3.74. The third kappa shape index (κ3) is 22.1. The quantitative estimate of drug-likeness (QED) is 0.0795. The van der Waals surface area contributed by atoms with Crippen LogP contribution < -0.4 is 0 Å². The molecule has 2 atom stereocenters. The molecule has 0 saturated carbocycles. The average Bonchev–Trinajstić information content (AvgIpc) is 2.92. The predicted octanol–water partition coefficient (Wildman–Crippen LogP) is 8.39. The summed E-state index contributed by atoms with van der Waals surface area (Å²) >= 11 is 0. The van der Waals surface area contributed by atoms with Crippen molar-refractivity contribution in [3.8, 4) is 0 Å². The molecule has 2 unspecified atom stereocenters. The van der Waals surface area contributed by atoms with Gasteiger partial charge in [-0.3, -0.25) is 9.59 Å². The fraction of sp³-hybridized carbons (Fsp3) is 0.939. The van der Waals surface area contributed by atoms with E-state index in [1.807, 2.05) is 0 Å². The molecule has 0 aromatic carbocycles. The number of rotatable bonds is 30. The number of aliphatic hydroxyl groups is 3. The molecular formula is C33H64O5. The van der Waals surface area contributed by atoms with Gasteiger partial charge in [0, 0.05) is 12.8 Å². The van der Waals surface area contributed by atoms with Gasteiger partial charge in [0.1, 0.15) is 18.3 Å². The third-order valence-electron chi connectivity index (χ3n) is 7.86. The lowest BCUT2D eigenvalue weighted by Gasteiger charge is -2.21. The van der Waals surface area contributed by atoms with E-state index in [1.165, 1.54) is 116 Å². The van der Waals surface area contributed by atoms with Crippen molar-refractivity contribution in [2.24, 2.45) is 0 Å². The summed E-state index contributed by atoms with van der Waals surface area (Å²) in [5.74, 6) is -0.969. The highest BCUT2D eigenvalue weighted by Gasteiger charge is 2.33. The second-order valence-corrected chi connectivity index (χ2v) is 11.6. The summed E-state index contributed by atoms with van der Waals surface area (Å²) in [7, 11) is 0. The van der Waals surface area contributed by atoms with Gasteiger partial charge in [-0.2, -0.15) is 0 Å². The van der Waals surface area contributed by atoms with Crippen molar-refractivity contribution in [2.75, 3.05) is 0 Å². The zero-order valence-electron chi connectivity index (χ0n) is 25.3. The molecule has 226 valence electrons. The van der Waals surface area contributed by atoms with Gasteiger partial charge in [0.05, 0.1) is 0 Å². The SMILES string of the molecule is CCCCCCCCCCCCCCC(=O)C(O)C(O)C(O)C(=O)CCCCCCCCCCCCCC. The summed E-state index contributed by atoms with van der Waals surface area (Å²) in [6.45, 7) is 4.48. The standard InChI is InChI=1S/C33H64O5/c1-3-5-7-9-11-13-15-17-19-21-23-25-27-29(34)31(36)33(38)32(37)30(35)28-26-24-22-20-18-16-14-12-10-8-6-4-2/h31-33,36-38H,3-28H2,1-2H3. The maximum atomic E-state index is 12.2. The van der Waals surface area contributed by atoms with E-state index in [1.54, 1.807) is 0 Å². The molecule has 5 heteroatoms. The average molecular weight is 541 g/mol. The van der Waals surface area contributed by atoms with Crippen LogP contribution in [0, 0.1) is 0 Å². The molecule has 38 heavy (non-hydrogen) atoms. The van der Waals surface area contributed by atoms with E-state index in [4.69, 9.17) is 0 Å². The van der Waals surface area contributed by atoms with Gasteiger partial charge in [-0.05, 0) is 12.8 Å². The maximum absolute atomic E-state index is 12.2. The summed E-state index contributed by atoms with van der Waals surface area (Å²) in [6, 6.07) is 0. The first-order valence-electron chi connectivity index (χ1n) is 16.5. The molecule has 0 aliphatic carbocycles. The molecule has 0 aromatic heterocycles. The lowest BCUT2D eigenvalue weighted by molar-refractivity contribution is -0.146. The molecule has 3 N–H and O–H groups in total. The van der Waals surface area contributed by atoms with Crippen LogP contribution >= 0.6 is 0 Å². The van der Waals surface area contributed by atoms with E-state index in [-0.39, 0.29) is 12.8 Å². The molecule has 0 saturated heterocycles. The zero-order valence-corrected chi connectivity index (χ0v) is 25.3. The highest BCUT2D eigenvalue weighted by molar-refractivity contribution is 5.87. The highest BCUT2D eigenvalue weighted by Crippen LogP contribution is 2.16. The first kappa shape index (κ1) is 37.2. The van der Waals surface area contributed by atoms with Gasteiger partial charge in [0.2, 0.25) is 0 Å². The van der Waals surface area contributed by atoms with E-state index < -0.39 is 29.9 Å². The fourth-order valence-electron chi connectivity index (χ4n) is 5.13. The lowest BCUT2D eigenvalue weighted by Crippen LogP contribution is -2.45. The van der Waals surface area contributed by atoms with Crippen molar-refractivity contribution in [3.05, 3.63) is 0 Å². The summed E-state index contributed by atoms with van der Waals surface area (Å²) in [5, 5.41) is 30.5. The van der Waals surface area contributed by atoms with Crippen LogP contribution in [0.3, 0.4) is 0 Å². The fourth-order valence-corrected chi connectivity index (χ4v) is 5.13. The number of hydrogen-bond acceptors (Lipinski definition) is 5. The number of Topliss-reactive ketones (excluding diaryl/α,β-unsaturated/α-hetero) is 2. The van der Waals surface area contributed by atoms with Crippen LogP contribution in [0.15, 0.2) is 0 Å². The van der Waals surface area contributed by atoms with E-state index in [9.17, 15) is 24.9 Å². The Morgan fingerprint density at radius 2 is 0.605 bits per heavy atom. The van der Waals surface area contributed by atoms with Crippen molar-refractivity contribution in [3.63, 3.8) is 0 Å². The molecule has 0 amide bonds.